The molecule has 0 aliphatic carbocycles. The summed E-state index contributed by atoms with van der Waals surface area (Å²) in [5, 5.41) is 0. The molecule has 0 amide bonds. The lowest BCUT2D eigenvalue weighted by Gasteiger charge is -2.18. The Bertz CT molecular complexity index is 133. The van der Waals surface area contributed by atoms with Gasteiger partial charge in [-0.1, -0.05) is 86.0 Å². The summed E-state index contributed by atoms with van der Waals surface area (Å²) in [4.78, 5) is 0. The molecular weight excluding hydrogens is 192 g/mol. The van der Waals surface area contributed by atoms with Crippen LogP contribution in [-0.4, -0.2) is 0 Å². The molecule has 1 atom stereocenters. The highest BCUT2D eigenvalue weighted by atomic mass is 14.1. The first-order valence-electron chi connectivity index (χ1n) is 7.63. The molecule has 0 aliphatic rings. The fourth-order valence-corrected chi connectivity index (χ4v) is 2.51. The van der Waals surface area contributed by atoms with Crippen molar-refractivity contribution < 1.29 is 0 Å². The summed E-state index contributed by atoms with van der Waals surface area (Å²) in [5.74, 6) is 2.87. The van der Waals surface area contributed by atoms with Gasteiger partial charge in [0.1, 0.15) is 0 Å². The standard InChI is InChI=1S/C16H34/c1-6-15(7-2)10-9-11-16(8-3)13-12-14(4)5/h14-16H,6-13H2,1-5H3. The quantitative estimate of drug-likeness (QED) is 0.425. The van der Waals surface area contributed by atoms with Crippen LogP contribution in [0.4, 0.5) is 0 Å². The lowest BCUT2D eigenvalue weighted by atomic mass is 9.88. The van der Waals surface area contributed by atoms with Gasteiger partial charge in [-0.25, -0.2) is 0 Å². The summed E-state index contributed by atoms with van der Waals surface area (Å²) >= 11 is 0. The van der Waals surface area contributed by atoms with E-state index in [0.29, 0.717) is 0 Å². The van der Waals surface area contributed by atoms with Crippen molar-refractivity contribution in [1.29, 1.82) is 0 Å². The molecule has 0 bridgehead atoms. The minimum absolute atomic E-state index is 0.882. The fraction of sp³-hybridized carbons (Fsp3) is 1.00. The average Bonchev–Trinajstić information content (AvgIpc) is 2.28. The number of rotatable bonds is 10. The van der Waals surface area contributed by atoms with Gasteiger partial charge in [0.15, 0.2) is 0 Å². The lowest BCUT2D eigenvalue weighted by Crippen LogP contribution is -2.03. The molecule has 0 spiro atoms. The highest BCUT2D eigenvalue weighted by Gasteiger charge is 2.09. The largest absolute Gasteiger partial charge is 0.0651 e. The second-order valence-electron chi connectivity index (χ2n) is 5.86. The molecule has 0 fully saturated rings. The summed E-state index contributed by atoms with van der Waals surface area (Å²) in [7, 11) is 0. The predicted molar refractivity (Wildman–Crippen MR) is 75.8 cm³/mol. The van der Waals surface area contributed by atoms with Crippen molar-refractivity contribution in [1.82, 2.24) is 0 Å². The minimum atomic E-state index is 0.882. The summed E-state index contributed by atoms with van der Waals surface area (Å²) in [6.45, 7) is 11.7. The first kappa shape index (κ1) is 16.0. The van der Waals surface area contributed by atoms with Gasteiger partial charge in [0.2, 0.25) is 0 Å². The highest BCUT2D eigenvalue weighted by Crippen LogP contribution is 2.24. The zero-order chi connectivity index (χ0) is 12.4. The second kappa shape index (κ2) is 10.2. The molecule has 0 saturated heterocycles. The molecule has 0 N–H and O–H groups in total. The van der Waals surface area contributed by atoms with Crippen LogP contribution in [0.3, 0.4) is 0 Å². The number of hydrogen-bond acceptors (Lipinski definition) is 0. The van der Waals surface area contributed by atoms with Gasteiger partial charge in [-0.3, -0.25) is 0 Å². The molecule has 0 heteroatoms. The van der Waals surface area contributed by atoms with Gasteiger partial charge in [-0.15, -0.1) is 0 Å². The van der Waals surface area contributed by atoms with E-state index in [1.54, 1.807) is 0 Å². The van der Waals surface area contributed by atoms with Crippen molar-refractivity contribution in [3.05, 3.63) is 0 Å². The SMILES string of the molecule is CCC(CC)CCCC(CC)CCC(C)C. The first-order chi connectivity index (χ1) is 7.63. The van der Waals surface area contributed by atoms with Gasteiger partial charge >= 0.3 is 0 Å². The van der Waals surface area contributed by atoms with Crippen LogP contribution in [0, 0.1) is 17.8 Å². The molecule has 0 aromatic heterocycles. The Morgan fingerprint density at radius 2 is 1.12 bits per heavy atom. The first-order valence-corrected chi connectivity index (χ1v) is 7.63. The maximum Gasteiger partial charge on any atom is -0.0417 e. The Morgan fingerprint density at radius 3 is 1.56 bits per heavy atom. The van der Waals surface area contributed by atoms with Crippen LogP contribution in [0.25, 0.3) is 0 Å². The van der Waals surface area contributed by atoms with Crippen molar-refractivity contribution >= 4 is 0 Å². The van der Waals surface area contributed by atoms with E-state index in [2.05, 4.69) is 34.6 Å². The maximum atomic E-state index is 2.36. The molecule has 0 aromatic carbocycles. The summed E-state index contributed by atoms with van der Waals surface area (Å²) in [6.07, 6.45) is 11.4. The summed E-state index contributed by atoms with van der Waals surface area (Å²) in [6, 6.07) is 0. The fourth-order valence-electron chi connectivity index (χ4n) is 2.51. The van der Waals surface area contributed by atoms with Crippen molar-refractivity contribution in [3.8, 4) is 0 Å². The molecule has 0 rings (SSSR count). The normalized spacial score (nSPS) is 13.7. The van der Waals surface area contributed by atoms with Crippen molar-refractivity contribution in [2.24, 2.45) is 17.8 Å². The minimum Gasteiger partial charge on any atom is -0.0651 e. The van der Waals surface area contributed by atoms with Crippen molar-refractivity contribution in [2.45, 2.75) is 86.0 Å². The maximum absolute atomic E-state index is 2.36. The summed E-state index contributed by atoms with van der Waals surface area (Å²) < 4.78 is 0. The molecule has 0 nitrogen and oxygen atoms in total. The van der Waals surface area contributed by atoms with Crippen LogP contribution in [0.1, 0.15) is 86.0 Å². The molecule has 0 radical (unpaired) electrons. The molecule has 0 heterocycles. The Morgan fingerprint density at radius 1 is 0.625 bits per heavy atom. The second-order valence-corrected chi connectivity index (χ2v) is 5.86. The predicted octanol–water partition coefficient (Wildman–Crippen LogP) is 6.06. The van der Waals surface area contributed by atoms with Crippen LogP contribution in [0.15, 0.2) is 0 Å². The average molecular weight is 226 g/mol. The molecule has 0 saturated carbocycles. The Kier molecular flexibility index (Phi) is 10.2. The number of hydrogen-bond donors (Lipinski definition) is 0. The topological polar surface area (TPSA) is 0 Å². The van der Waals surface area contributed by atoms with E-state index in [-0.39, 0.29) is 0 Å². The zero-order valence-electron chi connectivity index (χ0n) is 12.4. The van der Waals surface area contributed by atoms with Crippen LogP contribution in [-0.2, 0) is 0 Å². The van der Waals surface area contributed by atoms with E-state index in [1.807, 2.05) is 0 Å². The van der Waals surface area contributed by atoms with Crippen molar-refractivity contribution in [3.63, 3.8) is 0 Å². The third-order valence-electron chi connectivity index (χ3n) is 4.11. The lowest BCUT2D eigenvalue weighted by molar-refractivity contribution is 0.352. The van der Waals surface area contributed by atoms with E-state index in [4.69, 9.17) is 0 Å². The van der Waals surface area contributed by atoms with E-state index >= 15 is 0 Å². The van der Waals surface area contributed by atoms with Gasteiger partial charge in [-0.05, 0) is 17.8 Å². The molecular formula is C16H34. The van der Waals surface area contributed by atoms with Gasteiger partial charge in [0.25, 0.3) is 0 Å². The van der Waals surface area contributed by atoms with Crippen molar-refractivity contribution in [2.75, 3.05) is 0 Å². The monoisotopic (exact) mass is 226 g/mol. The van der Waals surface area contributed by atoms with Gasteiger partial charge in [0.05, 0.1) is 0 Å². The van der Waals surface area contributed by atoms with Crippen LogP contribution in [0.2, 0.25) is 0 Å². The smallest absolute Gasteiger partial charge is 0.0417 e. The molecule has 16 heavy (non-hydrogen) atoms. The van der Waals surface area contributed by atoms with Crippen LogP contribution < -0.4 is 0 Å². The Labute approximate surface area is 104 Å². The third kappa shape index (κ3) is 8.19. The molecule has 0 aromatic rings. The van der Waals surface area contributed by atoms with Gasteiger partial charge in [-0.2, -0.15) is 0 Å². The summed E-state index contributed by atoms with van der Waals surface area (Å²) in [5.41, 5.74) is 0. The van der Waals surface area contributed by atoms with Crippen LogP contribution >= 0.6 is 0 Å². The van der Waals surface area contributed by atoms with E-state index in [9.17, 15) is 0 Å². The van der Waals surface area contributed by atoms with Gasteiger partial charge < -0.3 is 0 Å². The van der Waals surface area contributed by atoms with Crippen LogP contribution in [0.5, 0.6) is 0 Å². The molecule has 98 valence electrons. The molecule has 0 aliphatic heterocycles. The van der Waals surface area contributed by atoms with E-state index < -0.39 is 0 Å². The Balaban J connectivity index is 3.61. The zero-order valence-corrected chi connectivity index (χ0v) is 12.4. The molecule has 1 unspecified atom stereocenters. The third-order valence-corrected chi connectivity index (χ3v) is 4.11. The van der Waals surface area contributed by atoms with E-state index in [1.165, 1.54) is 51.4 Å². The van der Waals surface area contributed by atoms with E-state index in [0.717, 1.165) is 17.8 Å². The van der Waals surface area contributed by atoms with Gasteiger partial charge in [0, 0.05) is 0 Å². The highest BCUT2D eigenvalue weighted by molar-refractivity contribution is 4.62. The Hall–Kier alpha value is 0.